The Balaban J connectivity index is 1.92. The molecule has 1 N–H and O–H groups in total. The molecule has 2 atom stereocenters. The van der Waals surface area contributed by atoms with Gasteiger partial charge in [0.2, 0.25) is 5.91 Å². The number of carbonyl (C=O) groups is 1. The zero-order valence-corrected chi connectivity index (χ0v) is 13.1. The van der Waals surface area contributed by atoms with E-state index in [-0.39, 0.29) is 12.2 Å². The molecule has 1 aromatic rings. The molecule has 1 saturated carbocycles. The van der Waals surface area contributed by atoms with E-state index in [0.717, 1.165) is 19.3 Å². The molecule has 2 unspecified atom stereocenters. The minimum atomic E-state index is -0.0171. The van der Waals surface area contributed by atoms with E-state index in [0.29, 0.717) is 11.9 Å². The van der Waals surface area contributed by atoms with Gasteiger partial charge < -0.3 is 4.90 Å². The van der Waals surface area contributed by atoms with Crippen LogP contribution in [0.15, 0.2) is 24.3 Å². The van der Waals surface area contributed by atoms with Crippen molar-refractivity contribution in [2.75, 3.05) is 0 Å². The molecular formula is C18H26N2O. The van der Waals surface area contributed by atoms with Crippen LogP contribution in [0.4, 0.5) is 0 Å². The summed E-state index contributed by atoms with van der Waals surface area (Å²) in [4.78, 5) is 15.0. The Bertz CT molecular complexity index is 508. The van der Waals surface area contributed by atoms with Gasteiger partial charge >= 0.3 is 0 Å². The maximum Gasteiger partial charge on any atom is 0.241 e. The molecular weight excluding hydrogens is 260 g/mol. The van der Waals surface area contributed by atoms with Crippen LogP contribution in [0.5, 0.6) is 0 Å². The lowest BCUT2D eigenvalue weighted by molar-refractivity contribution is -0.133. The van der Waals surface area contributed by atoms with Crippen molar-refractivity contribution in [3.8, 4) is 0 Å². The number of benzene rings is 1. The summed E-state index contributed by atoms with van der Waals surface area (Å²) in [5.41, 5.74) is 2.52. The fourth-order valence-electron chi connectivity index (χ4n) is 3.82. The monoisotopic (exact) mass is 286 g/mol. The Hall–Kier alpha value is -1.35. The van der Waals surface area contributed by atoms with E-state index >= 15 is 0 Å². The molecule has 1 aromatic carbocycles. The van der Waals surface area contributed by atoms with E-state index in [9.17, 15) is 4.79 Å². The molecule has 3 rings (SSSR count). The topological polar surface area (TPSA) is 32.3 Å². The van der Waals surface area contributed by atoms with Gasteiger partial charge in [0.25, 0.3) is 0 Å². The molecule has 1 amide bonds. The van der Waals surface area contributed by atoms with Crippen LogP contribution >= 0.6 is 0 Å². The zero-order valence-electron chi connectivity index (χ0n) is 13.1. The average molecular weight is 286 g/mol. The molecule has 0 bridgehead atoms. The molecule has 2 aliphatic rings. The predicted octanol–water partition coefficient (Wildman–Crippen LogP) is 3.54. The summed E-state index contributed by atoms with van der Waals surface area (Å²) in [6, 6.07) is 8.84. The van der Waals surface area contributed by atoms with Gasteiger partial charge in [-0.2, -0.15) is 0 Å². The van der Waals surface area contributed by atoms with Crippen molar-refractivity contribution in [3.63, 3.8) is 0 Å². The summed E-state index contributed by atoms with van der Waals surface area (Å²) < 4.78 is 0. The zero-order chi connectivity index (χ0) is 14.8. The molecule has 1 aliphatic heterocycles. The van der Waals surface area contributed by atoms with E-state index in [1.165, 1.54) is 30.4 Å². The van der Waals surface area contributed by atoms with Crippen LogP contribution in [0, 0.1) is 6.92 Å². The summed E-state index contributed by atoms with van der Waals surface area (Å²) >= 11 is 0. The van der Waals surface area contributed by atoms with Crippen LogP contribution in [0.2, 0.25) is 0 Å². The first-order valence-electron chi connectivity index (χ1n) is 8.36. The largest absolute Gasteiger partial charge is 0.319 e. The van der Waals surface area contributed by atoms with Crippen molar-refractivity contribution < 1.29 is 4.79 Å². The van der Waals surface area contributed by atoms with Crippen LogP contribution in [0.25, 0.3) is 0 Å². The molecule has 3 heteroatoms. The van der Waals surface area contributed by atoms with Crippen molar-refractivity contribution in [3.05, 3.63) is 35.4 Å². The molecule has 1 saturated heterocycles. The van der Waals surface area contributed by atoms with E-state index in [1.807, 2.05) is 0 Å². The Labute approximate surface area is 127 Å². The van der Waals surface area contributed by atoms with Crippen LogP contribution < -0.4 is 5.32 Å². The van der Waals surface area contributed by atoms with Crippen LogP contribution in [-0.4, -0.2) is 22.9 Å². The third-order valence-corrected chi connectivity index (χ3v) is 5.05. The third kappa shape index (κ3) is 2.71. The molecule has 3 nitrogen and oxygen atoms in total. The molecule has 1 heterocycles. The lowest BCUT2D eigenvalue weighted by Crippen LogP contribution is -2.41. The second kappa shape index (κ2) is 6.18. The molecule has 0 spiro atoms. The maximum atomic E-state index is 12.8. The number of rotatable bonds is 3. The summed E-state index contributed by atoms with van der Waals surface area (Å²) in [5, 5.41) is 3.57. The Morgan fingerprint density at radius 2 is 1.90 bits per heavy atom. The fraction of sp³-hybridized carbons (Fsp3) is 0.611. The van der Waals surface area contributed by atoms with E-state index in [1.54, 1.807) is 0 Å². The molecule has 0 radical (unpaired) electrons. The van der Waals surface area contributed by atoms with Gasteiger partial charge in [0.05, 0.1) is 6.04 Å². The van der Waals surface area contributed by atoms with Crippen LogP contribution in [0.1, 0.15) is 62.7 Å². The van der Waals surface area contributed by atoms with Gasteiger partial charge in [-0.3, -0.25) is 10.1 Å². The van der Waals surface area contributed by atoms with Crippen molar-refractivity contribution in [1.82, 2.24) is 10.2 Å². The van der Waals surface area contributed by atoms with Gasteiger partial charge in [-0.25, -0.2) is 0 Å². The second-order valence-electron chi connectivity index (χ2n) is 6.42. The van der Waals surface area contributed by atoms with Gasteiger partial charge in [0, 0.05) is 6.04 Å². The lowest BCUT2D eigenvalue weighted by Gasteiger charge is -2.35. The summed E-state index contributed by atoms with van der Waals surface area (Å²) in [5.74, 6) is 0.303. The molecule has 2 fully saturated rings. The Kier molecular flexibility index (Phi) is 4.29. The second-order valence-corrected chi connectivity index (χ2v) is 6.42. The quantitative estimate of drug-likeness (QED) is 0.922. The van der Waals surface area contributed by atoms with Gasteiger partial charge in [-0.15, -0.1) is 0 Å². The van der Waals surface area contributed by atoms with E-state index in [4.69, 9.17) is 0 Å². The molecule has 114 valence electrons. The minimum absolute atomic E-state index is 0.0171. The molecule has 1 aliphatic carbocycles. The highest BCUT2D eigenvalue weighted by Gasteiger charge is 2.42. The summed E-state index contributed by atoms with van der Waals surface area (Å²) in [6.45, 7) is 4.23. The van der Waals surface area contributed by atoms with Crippen molar-refractivity contribution in [2.45, 2.75) is 70.6 Å². The number of amides is 1. The van der Waals surface area contributed by atoms with Crippen molar-refractivity contribution in [1.29, 1.82) is 0 Å². The first-order valence-corrected chi connectivity index (χ1v) is 8.36. The first-order chi connectivity index (χ1) is 10.2. The highest BCUT2D eigenvalue weighted by atomic mass is 16.2. The fourth-order valence-corrected chi connectivity index (χ4v) is 3.82. The van der Waals surface area contributed by atoms with Gasteiger partial charge in [0.1, 0.15) is 6.17 Å². The van der Waals surface area contributed by atoms with Crippen LogP contribution in [-0.2, 0) is 4.79 Å². The average Bonchev–Trinajstić information content (AvgIpc) is 2.85. The van der Waals surface area contributed by atoms with Gasteiger partial charge in [0.15, 0.2) is 0 Å². The number of aryl methyl sites for hydroxylation is 1. The maximum absolute atomic E-state index is 12.8. The Morgan fingerprint density at radius 1 is 1.19 bits per heavy atom. The number of hydrogen-bond donors (Lipinski definition) is 1. The van der Waals surface area contributed by atoms with Crippen molar-refractivity contribution >= 4 is 5.91 Å². The number of nitrogens with zero attached hydrogens (tertiary/aromatic N) is 1. The normalized spacial score (nSPS) is 27.3. The van der Waals surface area contributed by atoms with Crippen molar-refractivity contribution in [2.24, 2.45) is 0 Å². The summed E-state index contributed by atoms with van der Waals surface area (Å²) in [6.07, 6.45) is 7.07. The van der Waals surface area contributed by atoms with Gasteiger partial charge in [-0.05, 0) is 37.3 Å². The molecule has 21 heavy (non-hydrogen) atoms. The first kappa shape index (κ1) is 14.6. The Morgan fingerprint density at radius 3 is 2.57 bits per heavy atom. The highest BCUT2D eigenvalue weighted by Crippen LogP contribution is 2.35. The van der Waals surface area contributed by atoms with E-state index in [2.05, 4.69) is 48.3 Å². The van der Waals surface area contributed by atoms with Gasteiger partial charge in [-0.1, -0.05) is 50.5 Å². The smallest absolute Gasteiger partial charge is 0.241 e. The lowest BCUT2D eigenvalue weighted by atomic mass is 9.93. The SMILES string of the molecule is CCC1NC(c2ccccc2C)N(C2CCCCC2)C1=O. The number of hydrogen-bond acceptors (Lipinski definition) is 2. The standard InChI is InChI=1S/C18H26N2O/c1-3-16-18(21)20(14-10-5-4-6-11-14)17(19-16)15-12-8-7-9-13(15)2/h7-9,12,14,16-17,19H,3-6,10-11H2,1-2H3. The minimum Gasteiger partial charge on any atom is -0.319 e. The molecule has 0 aromatic heterocycles. The highest BCUT2D eigenvalue weighted by molar-refractivity contribution is 5.85. The summed E-state index contributed by atoms with van der Waals surface area (Å²) in [7, 11) is 0. The third-order valence-electron chi connectivity index (χ3n) is 5.05. The predicted molar refractivity (Wildman–Crippen MR) is 84.9 cm³/mol. The number of carbonyl (C=O) groups excluding carboxylic acids is 1. The number of nitrogens with one attached hydrogen (secondary N) is 1. The van der Waals surface area contributed by atoms with E-state index < -0.39 is 0 Å². The van der Waals surface area contributed by atoms with Crippen LogP contribution in [0.3, 0.4) is 0 Å².